The number of anilines is 1. The topological polar surface area (TPSA) is 29.1 Å². The van der Waals surface area contributed by atoms with E-state index in [9.17, 15) is 9.18 Å². The van der Waals surface area contributed by atoms with Crippen LogP contribution in [0.5, 0.6) is 0 Å². The van der Waals surface area contributed by atoms with Crippen LogP contribution in [0, 0.1) is 25.6 Å². The summed E-state index contributed by atoms with van der Waals surface area (Å²) in [6.45, 7) is 3.61. The molecule has 0 aromatic heterocycles. The van der Waals surface area contributed by atoms with Gasteiger partial charge < -0.3 is 5.32 Å². The number of rotatable bonds is 2. The minimum atomic E-state index is -0.255. The van der Waals surface area contributed by atoms with Gasteiger partial charge in [-0.2, -0.15) is 0 Å². The first-order valence-electron chi connectivity index (χ1n) is 5.15. The summed E-state index contributed by atoms with van der Waals surface area (Å²) in [7, 11) is 0. The van der Waals surface area contributed by atoms with Crippen LogP contribution in [0.1, 0.15) is 24.0 Å². The van der Waals surface area contributed by atoms with Crippen LogP contribution in [0.2, 0.25) is 0 Å². The Labute approximate surface area is 88.5 Å². The van der Waals surface area contributed by atoms with E-state index in [1.807, 2.05) is 0 Å². The third-order valence-electron chi connectivity index (χ3n) is 2.69. The molecule has 2 nitrogen and oxygen atoms in total. The van der Waals surface area contributed by atoms with Gasteiger partial charge in [0, 0.05) is 11.6 Å². The summed E-state index contributed by atoms with van der Waals surface area (Å²) in [6.07, 6.45) is 1.95. The fraction of sp³-hybridized carbons (Fsp3) is 0.417. The Balaban J connectivity index is 2.23. The molecule has 1 aliphatic rings. The van der Waals surface area contributed by atoms with Crippen molar-refractivity contribution in [1.29, 1.82) is 0 Å². The Morgan fingerprint density at radius 2 is 1.87 bits per heavy atom. The van der Waals surface area contributed by atoms with Crippen LogP contribution in [0.3, 0.4) is 0 Å². The highest BCUT2D eigenvalue weighted by molar-refractivity contribution is 5.95. The lowest BCUT2D eigenvalue weighted by Crippen LogP contribution is -2.15. The van der Waals surface area contributed by atoms with Crippen LogP contribution in [0.15, 0.2) is 12.1 Å². The van der Waals surface area contributed by atoms with Crippen molar-refractivity contribution in [3.63, 3.8) is 0 Å². The summed E-state index contributed by atoms with van der Waals surface area (Å²) in [5.74, 6) is -0.0175. The fourth-order valence-corrected chi connectivity index (χ4v) is 1.68. The van der Waals surface area contributed by atoms with Gasteiger partial charge in [-0.1, -0.05) is 0 Å². The molecule has 0 atom stereocenters. The van der Waals surface area contributed by atoms with Gasteiger partial charge in [-0.15, -0.1) is 0 Å². The van der Waals surface area contributed by atoms with Gasteiger partial charge in [0.2, 0.25) is 5.91 Å². The SMILES string of the molecule is Cc1cc(F)cc(C)c1NC(=O)C1CC1. The average Bonchev–Trinajstić information content (AvgIpc) is 2.93. The van der Waals surface area contributed by atoms with Gasteiger partial charge in [0.05, 0.1) is 0 Å². The summed E-state index contributed by atoms with van der Waals surface area (Å²) >= 11 is 0. The second kappa shape index (κ2) is 3.65. The average molecular weight is 207 g/mol. The Bertz CT molecular complexity index is 387. The van der Waals surface area contributed by atoms with Crippen LogP contribution in [0.25, 0.3) is 0 Å². The molecular formula is C12H14FNO. The standard InChI is InChI=1S/C12H14FNO/c1-7-5-10(13)6-8(2)11(7)14-12(15)9-3-4-9/h5-6,9H,3-4H2,1-2H3,(H,14,15). The molecule has 1 fully saturated rings. The summed E-state index contributed by atoms with van der Waals surface area (Å²) < 4.78 is 13.0. The van der Waals surface area contributed by atoms with Crippen LogP contribution < -0.4 is 5.32 Å². The van der Waals surface area contributed by atoms with E-state index >= 15 is 0 Å². The van der Waals surface area contributed by atoms with Crippen LogP contribution in [0.4, 0.5) is 10.1 Å². The number of carbonyl (C=O) groups is 1. The first kappa shape index (κ1) is 10.1. The molecule has 1 N–H and O–H groups in total. The van der Waals surface area contributed by atoms with Crippen LogP contribution in [-0.2, 0) is 4.79 Å². The number of nitrogens with one attached hydrogen (secondary N) is 1. The molecule has 1 aromatic carbocycles. The number of halogens is 1. The van der Waals surface area contributed by atoms with Gasteiger partial charge in [0.1, 0.15) is 5.82 Å². The van der Waals surface area contributed by atoms with Gasteiger partial charge in [-0.25, -0.2) is 4.39 Å². The molecule has 1 saturated carbocycles. The Hall–Kier alpha value is -1.38. The molecule has 1 aliphatic carbocycles. The first-order valence-corrected chi connectivity index (χ1v) is 5.15. The second-order valence-corrected chi connectivity index (χ2v) is 4.18. The lowest BCUT2D eigenvalue weighted by Gasteiger charge is -2.11. The van der Waals surface area contributed by atoms with Gasteiger partial charge in [-0.05, 0) is 49.9 Å². The molecule has 0 bridgehead atoms. The lowest BCUT2D eigenvalue weighted by atomic mass is 10.1. The predicted molar refractivity (Wildman–Crippen MR) is 57.2 cm³/mol. The van der Waals surface area contributed by atoms with E-state index < -0.39 is 0 Å². The van der Waals surface area contributed by atoms with Crippen molar-refractivity contribution in [1.82, 2.24) is 0 Å². The zero-order chi connectivity index (χ0) is 11.0. The van der Waals surface area contributed by atoms with Gasteiger partial charge in [0.15, 0.2) is 0 Å². The zero-order valence-corrected chi connectivity index (χ0v) is 8.93. The Kier molecular flexibility index (Phi) is 2.47. The predicted octanol–water partition coefficient (Wildman–Crippen LogP) is 2.79. The minimum absolute atomic E-state index is 0.0628. The quantitative estimate of drug-likeness (QED) is 0.793. The molecule has 0 radical (unpaired) electrons. The summed E-state index contributed by atoms with van der Waals surface area (Å²) in [5, 5.41) is 2.86. The van der Waals surface area contributed by atoms with Crippen LogP contribution >= 0.6 is 0 Å². The number of hydrogen-bond acceptors (Lipinski definition) is 1. The Morgan fingerprint density at radius 3 is 2.33 bits per heavy atom. The van der Waals surface area contributed by atoms with E-state index in [0.717, 1.165) is 29.7 Å². The lowest BCUT2D eigenvalue weighted by molar-refractivity contribution is -0.117. The van der Waals surface area contributed by atoms with E-state index in [0.29, 0.717) is 0 Å². The molecule has 1 amide bonds. The molecule has 0 spiro atoms. The highest BCUT2D eigenvalue weighted by atomic mass is 19.1. The molecule has 0 unspecified atom stereocenters. The smallest absolute Gasteiger partial charge is 0.227 e. The van der Waals surface area contributed by atoms with E-state index in [1.54, 1.807) is 13.8 Å². The second-order valence-electron chi connectivity index (χ2n) is 4.18. The molecule has 0 heterocycles. The van der Waals surface area contributed by atoms with Crippen molar-refractivity contribution in [2.45, 2.75) is 26.7 Å². The molecule has 1 aromatic rings. The summed E-state index contributed by atoms with van der Waals surface area (Å²) in [4.78, 5) is 11.6. The minimum Gasteiger partial charge on any atom is -0.325 e. The van der Waals surface area contributed by atoms with Crippen molar-refractivity contribution < 1.29 is 9.18 Å². The van der Waals surface area contributed by atoms with Crippen molar-refractivity contribution >= 4 is 11.6 Å². The Morgan fingerprint density at radius 1 is 1.33 bits per heavy atom. The van der Waals surface area contributed by atoms with E-state index in [1.165, 1.54) is 12.1 Å². The molecular weight excluding hydrogens is 193 g/mol. The van der Waals surface area contributed by atoms with Crippen molar-refractivity contribution in [2.75, 3.05) is 5.32 Å². The number of carbonyl (C=O) groups excluding carboxylic acids is 1. The number of benzene rings is 1. The van der Waals surface area contributed by atoms with Crippen molar-refractivity contribution in [2.24, 2.45) is 5.92 Å². The van der Waals surface area contributed by atoms with Crippen molar-refractivity contribution in [3.05, 3.63) is 29.1 Å². The van der Waals surface area contributed by atoms with Gasteiger partial charge in [-0.3, -0.25) is 4.79 Å². The number of aryl methyl sites for hydroxylation is 2. The number of amides is 1. The van der Waals surface area contributed by atoms with E-state index in [4.69, 9.17) is 0 Å². The molecule has 0 aliphatic heterocycles. The highest BCUT2D eigenvalue weighted by Gasteiger charge is 2.30. The molecule has 2 rings (SSSR count). The molecule has 0 saturated heterocycles. The highest BCUT2D eigenvalue weighted by Crippen LogP contribution is 2.31. The first-order chi connectivity index (χ1) is 7.08. The van der Waals surface area contributed by atoms with Gasteiger partial charge in [0.25, 0.3) is 0 Å². The van der Waals surface area contributed by atoms with E-state index in [2.05, 4.69) is 5.32 Å². The fourth-order valence-electron chi connectivity index (χ4n) is 1.68. The maximum Gasteiger partial charge on any atom is 0.227 e. The largest absolute Gasteiger partial charge is 0.325 e. The zero-order valence-electron chi connectivity index (χ0n) is 8.93. The van der Waals surface area contributed by atoms with Crippen LogP contribution in [-0.4, -0.2) is 5.91 Å². The summed E-state index contributed by atoms with van der Waals surface area (Å²) in [5.41, 5.74) is 2.32. The van der Waals surface area contributed by atoms with Gasteiger partial charge >= 0.3 is 0 Å². The maximum atomic E-state index is 13.0. The number of hydrogen-bond donors (Lipinski definition) is 1. The van der Waals surface area contributed by atoms with Crippen molar-refractivity contribution in [3.8, 4) is 0 Å². The third-order valence-corrected chi connectivity index (χ3v) is 2.69. The molecule has 80 valence electrons. The third kappa shape index (κ3) is 2.17. The molecule has 3 heteroatoms. The maximum absolute atomic E-state index is 13.0. The molecule has 15 heavy (non-hydrogen) atoms. The normalized spacial score (nSPS) is 15.1. The van der Waals surface area contributed by atoms with E-state index in [-0.39, 0.29) is 17.6 Å². The monoisotopic (exact) mass is 207 g/mol. The summed E-state index contributed by atoms with van der Waals surface area (Å²) in [6, 6.07) is 2.88.